The maximum absolute atomic E-state index is 10.7. The minimum atomic E-state index is -10.7. The normalized spacial score (nSPS) is 14.4. The van der Waals surface area contributed by atoms with Gasteiger partial charge in [-0.05, 0) is 22.1 Å². The molecule has 0 saturated heterocycles. The quantitative estimate of drug-likeness (QED) is 0.129. The van der Waals surface area contributed by atoms with Gasteiger partial charge in [-0.2, -0.15) is 0 Å². The van der Waals surface area contributed by atoms with Crippen molar-refractivity contribution in [3.8, 4) is 0 Å². The van der Waals surface area contributed by atoms with E-state index in [1.807, 2.05) is 0 Å². The fraction of sp³-hybridized carbons (Fsp3) is 1.00. The van der Waals surface area contributed by atoms with Gasteiger partial charge in [0.25, 0.3) is 0 Å². The molecule has 8 heteroatoms. The molecule has 0 radical (unpaired) electrons. The second-order valence-corrected chi connectivity index (χ2v) is 9.74. The van der Waals surface area contributed by atoms with Crippen LogP contribution in [0.25, 0.3) is 0 Å². The molecule has 0 aromatic carbocycles. The summed E-state index contributed by atoms with van der Waals surface area (Å²) in [5, 5.41) is 0. The van der Waals surface area contributed by atoms with Crippen LogP contribution in [0.4, 0.5) is 25.2 Å². The van der Waals surface area contributed by atoms with Gasteiger partial charge in [0.2, 0.25) is 0 Å². The molecule has 0 heterocycles. The summed E-state index contributed by atoms with van der Waals surface area (Å²) in [5.74, 6) is 0. The van der Waals surface area contributed by atoms with E-state index in [4.69, 9.17) is 0 Å². The van der Waals surface area contributed by atoms with Gasteiger partial charge in [-0.3, -0.25) is 0 Å². The Balaban J connectivity index is 0. The first-order valence-corrected chi connectivity index (χ1v) is 13.2. The number of rotatable bonds is 16. The van der Waals surface area contributed by atoms with E-state index in [1.54, 1.807) is 0 Å². The van der Waals surface area contributed by atoms with Crippen LogP contribution in [0, 0.1) is 0 Å². The first kappa shape index (κ1) is 28.6. The van der Waals surface area contributed by atoms with E-state index >= 15 is 0 Å². The van der Waals surface area contributed by atoms with Gasteiger partial charge >= 0.3 is 33.0 Å². The zero-order valence-electron chi connectivity index (χ0n) is 16.4. The van der Waals surface area contributed by atoms with Gasteiger partial charge in [-0.1, -0.05) is 96.8 Å². The van der Waals surface area contributed by atoms with Crippen molar-refractivity contribution >= 4 is 17.0 Å². The summed E-state index contributed by atoms with van der Waals surface area (Å²) in [6.07, 6.45) is 25.0. The van der Waals surface area contributed by atoms with Crippen LogP contribution in [-0.2, 0) is 0 Å². The molecule has 0 amide bonds. The van der Waals surface area contributed by atoms with E-state index in [0.717, 1.165) is 0 Å². The molecule has 0 aromatic heterocycles. The summed E-state index contributed by atoms with van der Waals surface area (Å²) >= 11 is 0. The molecule has 1 atom stereocenters. The average molecular weight is 432 g/mol. The van der Waals surface area contributed by atoms with Crippen molar-refractivity contribution in [1.82, 2.24) is 0 Å². The molecular weight excluding hydrogens is 392 g/mol. The number of hydrogen-bond acceptors (Lipinski definition) is 0. The molecular formula is C18H40F6P2. The monoisotopic (exact) mass is 432 g/mol. The Labute approximate surface area is 158 Å². The summed E-state index contributed by atoms with van der Waals surface area (Å²) in [7, 11) is -8.54. The number of unbranched alkanes of at least 4 members (excludes halogenated alkanes) is 15. The SMILES string of the molecule is CCCCCCCCCCCCCCCCCC[PH3+].F[P-](F)(F)(F)(F)F. The van der Waals surface area contributed by atoms with Crippen molar-refractivity contribution in [2.75, 3.05) is 6.16 Å². The molecule has 26 heavy (non-hydrogen) atoms. The summed E-state index contributed by atoms with van der Waals surface area (Å²) in [6.45, 7) is 2.30. The molecule has 0 nitrogen and oxygen atoms in total. The zero-order valence-corrected chi connectivity index (χ0v) is 18.8. The Hall–Kier alpha value is 0.440. The third-order valence-corrected chi connectivity index (χ3v) is 4.60. The first-order valence-electron chi connectivity index (χ1n) is 10.2. The molecule has 164 valence electrons. The third-order valence-electron chi connectivity index (χ3n) is 4.10. The molecule has 0 spiro atoms. The molecule has 0 N–H and O–H groups in total. The number of halogens is 6. The van der Waals surface area contributed by atoms with Crippen LogP contribution >= 0.6 is 17.0 Å². The summed E-state index contributed by atoms with van der Waals surface area (Å²) in [5.41, 5.74) is 0. The molecule has 0 aliphatic rings. The van der Waals surface area contributed by atoms with E-state index in [1.165, 1.54) is 109 Å². The van der Waals surface area contributed by atoms with E-state index < -0.39 is 7.81 Å². The molecule has 0 aliphatic heterocycles. The summed E-state index contributed by atoms with van der Waals surface area (Å²) < 4.78 is 59.2. The van der Waals surface area contributed by atoms with Crippen molar-refractivity contribution in [2.45, 2.75) is 110 Å². The Morgan fingerprint density at radius 2 is 0.654 bits per heavy atom. The molecule has 0 aliphatic carbocycles. The van der Waals surface area contributed by atoms with Crippen molar-refractivity contribution < 1.29 is 25.2 Å². The van der Waals surface area contributed by atoms with Gasteiger partial charge in [0.15, 0.2) is 0 Å². The molecule has 0 saturated carbocycles. The third kappa shape index (κ3) is 49.7. The van der Waals surface area contributed by atoms with Gasteiger partial charge in [0, 0.05) is 0 Å². The number of hydrogen-bond donors (Lipinski definition) is 0. The van der Waals surface area contributed by atoms with Crippen LogP contribution < -0.4 is 0 Å². The Morgan fingerprint density at radius 3 is 0.846 bits per heavy atom. The second kappa shape index (κ2) is 14.4. The molecule has 0 fully saturated rings. The molecule has 1 unspecified atom stereocenters. The standard InChI is InChI=1S/C18H39P.F6P/c1-2-3-4-5-6-7-8-9-10-11-12-13-14-15-16-17-18-19;1-7(2,3,4,5)6/h2-19H2,1H3;/q;-1/p+1. The maximum atomic E-state index is 9.87. The van der Waals surface area contributed by atoms with E-state index in [0.29, 0.717) is 0 Å². The van der Waals surface area contributed by atoms with E-state index in [9.17, 15) is 25.2 Å². The van der Waals surface area contributed by atoms with Crippen LogP contribution in [0.1, 0.15) is 110 Å². The molecule has 0 aromatic rings. The van der Waals surface area contributed by atoms with Crippen molar-refractivity contribution in [3.05, 3.63) is 0 Å². The zero-order chi connectivity index (χ0) is 20.4. The fourth-order valence-corrected chi connectivity index (χ4v) is 3.08. The van der Waals surface area contributed by atoms with Crippen LogP contribution in [0.2, 0.25) is 0 Å². The summed E-state index contributed by atoms with van der Waals surface area (Å²) in [4.78, 5) is 0. The van der Waals surface area contributed by atoms with Crippen molar-refractivity contribution in [3.63, 3.8) is 0 Å². The van der Waals surface area contributed by atoms with Crippen LogP contribution in [0.3, 0.4) is 0 Å². The summed E-state index contributed by atoms with van der Waals surface area (Å²) in [6, 6.07) is 0. The second-order valence-electron chi connectivity index (χ2n) is 7.12. The molecule has 0 bridgehead atoms. The topological polar surface area (TPSA) is 0 Å². The van der Waals surface area contributed by atoms with Gasteiger partial charge in [0.05, 0.1) is 6.16 Å². The van der Waals surface area contributed by atoms with Crippen molar-refractivity contribution in [1.29, 1.82) is 0 Å². The Kier molecular flexibility index (Phi) is 15.9. The van der Waals surface area contributed by atoms with Gasteiger partial charge in [0.1, 0.15) is 0 Å². The van der Waals surface area contributed by atoms with Crippen LogP contribution in [0.15, 0.2) is 0 Å². The molecule has 0 rings (SSSR count). The predicted molar refractivity (Wildman–Crippen MR) is 109 cm³/mol. The van der Waals surface area contributed by atoms with E-state index in [2.05, 4.69) is 16.2 Å². The fourth-order valence-electron chi connectivity index (χ4n) is 2.72. The van der Waals surface area contributed by atoms with Crippen molar-refractivity contribution in [2.24, 2.45) is 0 Å². The van der Waals surface area contributed by atoms with E-state index in [-0.39, 0.29) is 0 Å². The minimum absolute atomic E-state index is 1.37. The predicted octanol–water partition coefficient (Wildman–Crippen LogP) is 10.2. The van der Waals surface area contributed by atoms with Gasteiger partial charge in [-0.25, -0.2) is 0 Å². The Morgan fingerprint density at radius 1 is 0.462 bits per heavy atom. The Bertz CT molecular complexity index is 275. The average Bonchev–Trinajstić information content (AvgIpc) is 2.48. The van der Waals surface area contributed by atoms with Gasteiger partial charge < -0.3 is 0 Å². The van der Waals surface area contributed by atoms with Crippen LogP contribution in [-0.4, -0.2) is 6.16 Å². The first-order chi connectivity index (χ1) is 11.9. The van der Waals surface area contributed by atoms with Crippen LogP contribution in [0.5, 0.6) is 0 Å². The van der Waals surface area contributed by atoms with Gasteiger partial charge in [-0.15, -0.1) is 0 Å².